The molecule has 2 nitrogen and oxygen atoms in total. The van der Waals surface area contributed by atoms with E-state index in [0.29, 0.717) is 0 Å². The molecule has 1 aromatic heterocycles. The first-order valence-corrected chi connectivity index (χ1v) is 22.1. The molecule has 11 rings (SSSR count). The van der Waals surface area contributed by atoms with Gasteiger partial charge in [0.2, 0.25) is 0 Å². The number of fused-ring (bicyclic) bond motifs is 11. The van der Waals surface area contributed by atoms with E-state index in [1.165, 1.54) is 83.0 Å². The van der Waals surface area contributed by atoms with Crippen molar-refractivity contribution in [1.82, 2.24) is 4.57 Å². The van der Waals surface area contributed by atoms with Crippen LogP contribution < -0.4 is 21.3 Å². The van der Waals surface area contributed by atoms with E-state index in [9.17, 15) is 13.2 Å². The number of anilines is 3. The summed E-state index contributed by atoms with van der Waals surface area (Å²) in [5.41, 5.74) is 14.6. The summed E-state index contributed by atoms with van der Waals surface area (Å²) in [7, 11) is 0. The molecule has 312 valence electrons. The highest BCUT2D eigenvalue weighted by atomic mass is 19.4. The van der Waals surface area contributed by atoms with Crippen LogP contribution in [0.5, 0.6) is 0 Å². The Morgan fingerprint density at radius 2 is 1.05 bits per heavy atom. The molecule has 8 aromatic carbocycles. The molecule has 3 heterocycles. The number of nitrogens with zero attached hydrogens (tertiary/aromatic N) is 2. The Kier molecular flexibility index (Phi) is 8.25. The normalized spacial score (nSPS) is 14.0. The van der Waals surface area contributed by atoms with Gasteiger partial charge in [-0.1, -0.05) is 153 Å². The number of hydrogen-bond acceptors (Lipinski definition) is 1. The smallest absolute Gasteiger partial charge is 0.311 e. The maximum atomic E-state index is 14.0. The lowest BCUT2D eigenvalue weighted by molar-refractivity contribution is -0.137. The van der Waals surface area contributed by atoms with Gasteiger partial charge in [0.15, 0.2) is 0 Å². The number of rotatable bonds is 2. The molecular formula is C57H50BF3N2. The van der Waals surface area contributed by atoms with Crippen LogP contribution in [0, 0.1) is 0 Å². The zero-order valence-electron chi connectivity index (χ0n) is 37.4. The van der Waals surface area contributed by atoms with Crippen LogP contribution in [-0.2, 0) is 22.4 Å². The highest BCUT2D eigenvalue weighted by Crippen LogP contribution is 2.47. The molecule has 0 aliphatic carbocycles. The Morgan fingerprint density at radius 1 is 0.444 bits per heavy atom. The summed E-state index contributed by atoms with van der Waals surface area (Å²) in [4.78, 5) is 2.40. The van der Waals surface area contributed by atoms with Gasteiger partial charge < -0.3 is 9.47 Å². The minimum Gasteiger partial charge on any atom is -0.311 e. The summed E-state index contributed by atoms with van der Waals surface area (Å²) >= 11 is 0. The van der Waals surface area contributed by atoms with Crippen LogP contribution in [0.15, 0.2) is 140 Å². The van der Waals surface area contributed by atoms with Crippen molar-refractivity contribution in [3.8, 4) is 16.8 Å². The number of aromatic nitrogens is 1. The molecule has 0 N–H and O–H groups in total. The average Bonchev–Trinajstić information content (AvgIpc) is 3.58. The van der Waals surface area contributed by atoms with E-state index in [1.807, 2.05) is 0 Å². The van der Waals surface area contributed by atoms with Crippen LogP contribution in [0.3, 0.4) is 0 Å². The average molecular weight is 831 g/mol. The van der Waals surface area contributed by atoms with Gasteiger partial charge in [0.1, 0.15) is 0 Å². The quantitative estimate of drug-likeness (QED) is 0.124. The molecule has 0 amide bonds. The van der Waals surface area contributed by atoms with Crippen molar-refractivity contribution in [2.75, 3.05) is 4.90 Å². The number of benzene rings is 8. The standard InChI is InChI=1S/C57H50BF3N2/c1-54(2,3)37-20-24-41(25-21-37)62-46-27-23-39(55(4,5)6)31-44(46)58-45-28-35-15-14-34-12-10-11-13-42(34)50(35)51-43-26-22-40(56(7,8)9)32-47(43)63(53(45)51)49-30-36(29-48(62)52(49)58)33-16-18-38(19-17-33)57(59,60)61/h10-32H,1-9H3. The minimum absolute atomic E-state index is 0.0305. The van der Waals surface area contributed by atoms with Crippen molar-refractivity contribution in [2.24, 2.45) is 0 Å². The molecule has 0 bridgehead atoms. The zero-order chi connectivity index (χ0) is 44.1. The lowest BCUT2D eigenvalue weighted by Crippen LogP contribution is -2.60. The Balaban J connectivity index is 1.34. The van der Waals surface area contributed by atoms with Gasteiger partial charge in [-0.05, 0) is 131 Å². The predicted octanol–water partition coefficient (Wildman–Crippen LogP) is 14.3. The fourth-order valence-electron chi connectivity index (χ4n) is 10.4. The molecule has 0 saturated heterocycles. The SMILES string of the molecule is CC(C)(C)c1ccc(N2c3ccc(C(C)(C)C)cc3B3c4c2cc(-c2ccc(C(F)(F)F)cc2)cc4-n2c4cc(C(C)(C)C)ccc4c4c5c(ccc6ccccc65)cc3c42)cc1. The minimum atomic E-state index is -4.43. The largest absolute Gasteiger partial charge is 0.416 e. The molecule has 9 aromatic rings. The summed E-state index contributed by atoms with van der Waals surface area (Å²) in [5.74, 6) is 0. The molecule has 0 spiro atoms. The molecule has 6 heteroatoms. The predicted molar refractivity (Wildman–Crippen MR) is 262 cm³/mol. The Morgan fingerprint density at radius 3 is 1.73 bits per heavy atom. The molecule has 0 saturated carbocycles. The third-order valence-electron chi connectivity index (χ3n) is 13.8. The van der Waals surface area contributed by atoms with Gasteiger partial charge in [0.25, 0.3) is 6.71 Å². The number of alkyl halides is 3. The van der Waals surface area contributed by atoms with Gasteiger partial charge in [0.05, 0.1) is 16.6 Å². The van der Waals surface area contributed by atoms with Crippen LogP contribution in [-0.4, -0.2) is 11.3 Å². The second kappa shape index (κ2) is 13.1. The maximum absolute atomic E-state index is 14.0. The van der Waals surface area contributed by atoms with Crippen molar-refractivity contribution >= 4 is 83.5 Å². The summed E-state index contributed by atoms with van der Waals surface area (Å²) in [5, 5.41) is 7.27. The third-order valence-corrected chi connectivity index (χ3v) is 13.8. The Labute approximate surface area is 368 Å². The van der Waals surface area contributed by atoms with Gasteiger partial charge in [-0.2, -0.15) is 13.2 Å². The third kappa shape index (κ3) is 6.00. The van der Waals surface area contributed by atoms with E-state index in [1.54, 1.807) is 12.1 Å². The van der Waals surface area contributed by atoms with Crippen molar-refractivity contribution in [2.45, 2.75) is 84.7 Å². The van der Waals surface area contributed by atoms with Crippen molar-refractivity contribution < 1.29 is 13.2 Å². The van der Waals surface area contributed by atoms with E-state index in [0.717, 1.165) is 39.4 Å². The molecular weight excluding hydrogens is 780 g/mol. The van der Waals surface area contributed by atoms with Gasteiger partial charge in [0, 0.05) is 33.5 Å². The second-order valence-electron chi connectivity index (χ2n) is 21.0. The second-order valence-corrected chi connectivity index (χ2v) is 21.0. The summed E-state index contributed by atoms with van der Waals surface area (Å²) in [6.07, 6.45) is -4.43. The van der Waals surface area contributed by atoms with E-state index < -0.39 is 11.7 Å². The molecule has 0 atom stereocenters. The first-order chi connectivity index (χ1) is 29.8. The summed E-state index contributed by atoms with van der Waals surface area (Å²) in [6, 6.07) is 48.8. The van der Waals surface area contributed by atoms with Gasteiger partial charge in [-0.3, -0.25) is 0 Å². The highest BCUT2D eigenvalue weighted by molar-refractivity contribution is 7.00. The monoisotopic (exact) mass is 830 g/mol. The van der Waals surface area contributed by atoms with Crippen LogP contribution in [0.1, 0.15) is 84.6 Å². The number of hydrogen-bond donors (Lipinski definition) is 0. The van der Waals surface area contributed by atoms with Crippen molar-refractivity contribution in [3.05, 3.63) is 162 Å². The maximum Gasteiger partial charge on any atom is 0.416 e. The van der Waals surface area contributed by atoms with E-state index in [4.69, 9.17) is 0 Å². The van der Waals surface area contributed by atoms with Crippen LogP contribution in [0.25, 0.3) is 60.2 Å². The molecule has 2 aliphatic rings. The topological polar surface area (TPSA) is 8.17 Å². The molecule has 0 fully saturated rings. The summed E-state index contributed by atoms with van der Waals surface area (Å²) < 4.78 is 44.5. The molecule has 63 heavy (non-hydrogen) atoms. The first kappa shape index (κ1) is 39.6. The lowest BCUT2D eigenvalue weighted by Gasteiger charge is -2.41. The van der Waals surface area contributed by atoms with Gasteiger partial charge >= 0.3 is 6.18 Å². The highest BCUT2D eigenvalue weighted by Gasteiger charge is 2.44. The molecule has 0 unspecified atom stereocenters. The Hall–Kier alpha value is -6.27. The lowest BCUT2D eigenvalue weighted by atomic mass is 9.33. The van der Waals surface area contributed by atoms with Crippen molar-refractivity contribution in [3.63, 3.8) is 0 Å². The van der Waals surface area contributed by atoms with E-state index >= 15 is 0 Å². The van der Waals surface area contributed by atoms with Gasteiger partial charge in [-0.15, -0.1) is 0 Å². The fourth-order valence-corrected chi connectivity index (χ4v) is 10.4. The first-order valence-electron chi connectivity index (χ1n) is 22.1. The number of halogens is 3. The van der Waals surface area contributed by atoms with Crippen molar-refractivity contribution in [1.29, 1.82) is 0 Å². The zero-order valence-corrected chi connectivity index (χ0v) is 37.4. The fraction of sp³-hybridized carbons (Fsp3) is 0.228. The Bertz CT molecular complexity index is 3370. The van der Waals surface area contributed by atoms with Gasteiger partial charge in [-0.25, -0.2) is 0 Å². The molecule has 0 radical (unpaired) electrons. The van der Waals surface area contributed by atoms with E-state index in [2.05, 4.69) is 187 Å². The summed E-state index contributed by atoms with van der Waals surface area (Å²) in [6.45, 7) is 20.2. The van der Waals surface area contributed by atoms with Crippen LogP contribution >= 0.6 is 0 Å². The van der Waals surface area contributed by atoms with Crippen LogP contribution in [0.4, 0.5) is 30.2 Å². The van der Waals surface area contributed by atoms with Crippen LogP contribution in [0.2, 0.25) is 0 Å². The van der Waals surface area contributed by atoms with E-state index in [-0.39, 0.29) is 23.0 Å². The molecule has 2 aliphatic heterocycles.